The van der Waals surface area contributed by atoms with Crippen molar-refractivity contribution in [2.24, 2.45) is 0 Å². The number of hydrogen-bond acceptors (Lipinski definition) is 8. The molecule has 144 valence electrons. The molecule has 11 heteroatoms. The van der Waals surface area contributed by atoms with E-state index < -0.39 is 27.3 Å². The van der Waals surface area contributed by atoms with Crippen molar-refractivity contribution in [3.05, 3.63) is 70.5 Å². The summed E-state index contributed by atoms with van der Waals surface area (Å²) in [5, 5.41) is 13.4. The van der Waals surface area contributed by atoms with Gasteiger partial charge in [0.15, 0.2) is 22.3 Å². The van der Waals surface area contributed by atoms with Crippen LogP contribution in [0.15, 0.2) is 59.6 Å². The van der Waals surface area contributed by atoms with Gasteiger partial charge in [-0.15, -0.1) is 10.1 Å². The highest BCUT2D eigenvalue weighted by Crippen LogP contribution is 2.25. The van der Waals surface area contributed by atoms with Crippen LogP contribution in [0.2, 0.25) is 0 Å². The third kappa shape index (κ3) is 4.20. The maximum absolute atomic E-state index is 12.2. The highest BCUT2D eigenvalue weighted by atomic mass is 32.2. The number of aromatic nitrogens is 3. The van der Waals surface area contributed by atoms with Crippen molar-refractivity contribution < 1.29 is 23.1 Å². The van der Waals surface area contributed by atoms with Gasteiger partial charge in [-0.2, -0.15) is 5.10 Å². The van der Waals surface area contributed by atoms with Crippen molar-refractivity contribution in [3.8, 4) is 17.1 Å². The maximum Gasteiger partial charge on any atom is 0.294 e. The van der Waals surface area contributed by atoms with Crippen LogP contribution in [0.1, 0.15) is 10.5 Å². The SMILES string of the molecule is CS(=O)(=O)c1ccc(-c2cc(C(=O)CO[N+](=O)[O-])nn2-c2ccccn2)cc1. The highest BCUT2D eigenvalue weighted by molar-refractivity contribution is 7.90. The number of pyridine rings is 1. The smallest absolute Gasteiger partial charge is 0.294 e. The molecule has 0 fully saturated rings. The van der Waals surface area contributed by atoms with E-state index in [1.54, 1.807) is 36.5 Å². The number of ketones is 1. The average molecular weight is 402 g/mol. The molecule has 3 aromatic rings. The predicted molar refractivity (Wildman–Crippen MR) is 97.2 cm³/mol. The molecular formula is C17H14N4O6S. The summed E-state index contributed by atoms with van der Waals surface area (Å²) in [4.78, 5) is 30.9. The van der Waals surface area contributed by atoms with Gasteiger partial charge in [0.25, 0.3) is 5.09 Å². The monoisotopic (exact) mass is 402 g/mol. The van der Waals surface area contributed by atoms with Crippen molar-refractivity contribution in [2.75, 3.05) is 12.9 Å². The molecule has 1 aromatic carbocycles. The van der Waals surface area contributed by atoms with Gasteiger partial charge < -0.3 is 4.84 Å². The first-order chi connectivity index (χ1) is 13.3. The topological polar surface area (TPSA) is 134 Å². The lowest BCUT2D eigenvalue weighted by molar-refractivity contribution is -0.754. The molecule has 0 bridgehead atoms. The number of carbonyl (C=O) groups excluding carboxylic acids is 1. The number of rotatable bonds is 7. The Balaban J connectivity index is 2.06. The molecule has 0 unspecified atom stereocenters. The molecule has 0 spiro atoms. The van der Waals surface area contributed by atoms with Crippen molar-refractivity contribution in [1.29, 1.82) is 0 Å². The fourth-order valence-electron chi connectivity index (χ4n) is 2.43. The standard InChI is InChI=1S/C17H14N4O6S/c1-28(25,26)13-7-5-12(6-8-13)15-10-14(16(22)11-27-21(23)24)19-20(15)17-4-2-3-9-18-17/h2-10H,11H2,1H3. The molecule has 0 aliphatic rings. The number of carbonyl (C=O) groups is 1. The van der Waals surface area contributed by atoms with Gasteiger partial charge in [-0.1, -0.05) is 18.2 Å². The van der Waals surface area contributed by atoms with Crippen LogP contribution in [0, 0.1) is 10.1 Å². The molecule has 28 heavy (non-hydrogen) atoms. The van der Waals surface area contributed by atoms with E-state index in [0.717, 1.165) is 6.26 Å². The normalized spacial score (nSPS) is 11.2. The Morgan fingerprint density at radius 1 is 1.21 bits per heavy atom. The molecular weight excluding hydrogens is 388 g/mol. The molecule has 2 heterocycles. The molecule has 0 N–H and O–H groups in total. The van der Waals surface area contributed by atoms with Gasteiger partial charge in [0.1, 0.15) is 5.69 Å². The average Bonchev–Trinajstić information content (AvgIpc) is 3.12. The first-order valence-corrected chi connectivity index (χ1v) is 9.77. The van der Waals surface area contributed by atoms with E-state index in [1.165, 1.54) is 22.9 Å². The zero-order chi connectivity index (χ0) is 20.3. The zero-order valence-electron chi connectivity index (χ0n) is 14.5. The molecule has 3 rings (SSSR count). The van der Waals surface area contributed by atoms with Crippen LogP contribution in [0.25, 0.3) is 17.1 Å². The summed E-state index contributed by atoms with van der Waals surface area (Å²) in [6, 6.07) is 12.6. The summed E-state index contributed by atoms with van der Waals surface area (Å²) in [5.74, 6) is -0.265. The molecule has 0 radical (unpaired) electrons. The van der Waals surface area contributed by atoms with Crippen molar-refractivity contribution in [2.45, 2.75) is 4.90 Å². The van der Waals surface area contributed by atoms with Gasteiger partial charge >= 0.3 is 0 Å². The fraction of sp³-hybridized carbons (Fsp3) is 0.118. The summed E-state index contributed by atoms with van der Waals surface area (Å²) in [5.41, 5.74) is 0.998. The van der Waals surface area contributed by atoms with Crippen LogP contribution in [-0.4, -0.2) is 46.9 Å². The summed E-state index contributed by atoms with van der Waals surface area (Å²) < 4.78 is 24.7. The van der Waals surface area contributed by atoms with E-state index >= 15 is 0 Å². The molecule has 0 aliphatic carbocycles. The second-order valence-electron chi connectivity index (χ2n) is 5.73. The molecule has 2 aromatic heterocycles. The van der Waals surface area contributed by atoms with Crippen molar-refractivity contribution in [3.63, 3.8) is 0 Å². The Morgan fingerprint density at radius 3 is 2.50 bits per heavy atom. The predicted octanol–water partition coefficient (Wildman–Crippen LogP) is 1.73. The van der Waals surface area contributed by atoms with E-state index in [2.05, 4.69) is 14.9 Å². The first kappa shape index (κ1) is 19.2. The first-order valence-electron chi connectivity index (χ1n) is 7.88. The van der Waals surface area contributed by atoms with E-state index in [9.17, 15) is 23.3 Å². The number of benzene rings is 1. The number of nitrogens with zero attached hydrogens (tertiary/aromatic N) is 4. The van der Waals surface area contributed by atoms with Crippen LogP contribution < -0.4 is 0 Å². The van der Waals surface area contributed by atoms with Crippen LogP contribution in [0.3, 0.4) is 0 Å². The maximum atomic E-state index is 12.2. The van der Waals surface area contributed by atoms with E-state index in [1.807, 2.05) is 0 Å². The lowest BCUT2D eigenvalue weighted by atomic mass is 10.1. The summed E-state index contributed by atoms with van der Waals surface area (Å²) in [6.45, 7) is -0.765. The number of Topliss-reactive ketones (excluding diaryl/α,β-unsaturated/α-hetero) is 1. The van der Waals surface area contributed by atoms with Gasteiger partial charge in [-0.25, -0.2) is 18.1 Å². The largest absolute Gasteiger partial charge is 0.306 e. The van der Waals surface area contributed by atoms with Gasteiger partial charge in [0, 0.05) is 18.0 Å². The fourth-order valence-corrected chi connectivity index (χ4v) is 3.07. The number of hydrogen-bond donors (Lipinski definition) is 0. The molecule has 0 aliphatic heterocycles. The molecule has 0 atom stereocenters. The van der Waals surface area contributed by atoms with Crippen LogP contribution >= 0.6 is 0 Å². The van der Waals surface area contributed by atoms with Crippen LogP contribution in [0.5, 0.6) is 0 Å². The van der Waals surface area contributed by atoms with Gasteiger partial charge in [0.2, 0.25) is 5.78 Å². The Morgan fingerprint density at radius 2 is 1.93 bits per heavy atom. The summed E-state index contributed by atoms with van der Waals surface area (Å²) in [7, 11) is -3.36. The minimum absolute atomic E-state index is 0.0466. The molecule has 10 nitrogen and oxygen atoms in total. The second-order valence-corrected chi connectivity index (χ2v) is 7.75. The van der Waals surface area contributed by atoms with Gasteiger partial charge in [-0.3, -0.25) is 4.79 Å². The third-order valence-corrected chi connectivity index (χ3v) is 4.87. The Bertz CT molecular complexity index is 1120. The van der Waals surface area contributed by atoms with E-state index in [-0.39, 0.29) is 10.6 Å². The minimum Gasteiger partial charge on any atom is -0.306 e. The Kier molecular flexibility index (Phi) is 5.18. The Labute approximate surface area is 159 Å². The number of sulfone groups is 1. The lowest BCUT2D eigenvalue weighted by Crippen LogP contribution is -2.13. The minimum atomic E-state index is -3.36. The van der Waals surface area contributed by atoms with Crippen LogP contribution in [-0.2, 0) is 14.7 Å². The van der Waals surface area contributed by atoms with E-state index in [4.69, 9.17) is 0 Å². The highest BCUT2D eigenvalue weighted by Gasteiger charge is 2.19. The summed E-state index contributed by atoms with van der Waals surface area (Å²) >= 11 is 0. The van der Waals surface area contributed by atoms with Gasteiger partial charge in [-0.05, 0) is 30.3 Å². The molecule has 0 amide bonds. The zero-order valence-corrected chi connectivity index (χ0v) is 15.4. The van der Waals surface area contributed by atoms with E-state index in [0.29, 0.717) is 17.1 Å². The third-order valence-electron chi connectivity index (χ3n) is 3.74. The quantitative estimate of drug-likeness (QED) is 0.331. The summed E-state index contributed by atoms with van der Waals surface area (Å²) in [6.07, 6.45) is 2.65. The second kappa shape index (κ2) is 7.56. The lowest BCUT2D eigenvalue weighted by Gasteiger charge is -2.07. The van der Waals surface area contributed by atoms with Crippen LogP contribution in [0.4, 0.5) is 0 Å². The Hall–Kier alpha value is -3.60. The van der Waals surface area contributed by atoms with Gasteiger partial charge in [0.05, 0.1) is 10.6 Å². The molecule has 0 saturated heterocycles. The molecule has 0 saturated carbocycles. The van der Waals surface area contributed by atoms with Crippen molar-refractivity contribution in [1.82, 2.24) is 14.8 Å². The van der Waals surface area contributed by atoms with Crippen molar-refractivity contribution >= 4 is 15.6 Å².